The highest BCUT2D eigenvalue weighted by Gasteiger charge is 2.12. The van der Waals surface area contributed by atoms with E-state index in [1.54, 1.807) is 43.8 Å². The molecule has 16 heavy (non-hydrogen) atoms. The molecule has 0 aliphatic rings. The van der Waals surface area contributed by atoms with Crippen LogP contribution in [0.5, 0.6) is 0 Å². The summed E-state index contributed by atoms with van der Waals surface area (Å²) in [6.45, 7) is 0. The molecule has 0 radical (unpaired) electrons. The third-order valence-electron chi connectivity index (χ3n) is 2.28. The van der Waals surface area contributed by atoms with Crippen molar-refractivity contribution in [3.63, 3.8) is 0 Å². The van der Waals surface area contributed by atoms with E-state index in [0.717, 1.165) is 0 Å². The van der Waals surface area contributed by atoms with Crippen LogP contribution in [-0.4, -0.2) is 12.9 Å². The molecule has 0 atom stereocenters. The van der Waals surface area contributed by atoms with E-state index in [1.165, 1.54) is 4.73 Å². The highest BCUT2D eigenvalue weighted by atomic mass is 16.6. The molecule has 3 nitrogen and oxygen atoms in total. The van der Waals surface area contributed by atoms with Crippen LogP contribution in [-0.2, 0) is 0 Å². The van der Waals surface area contributed by atoms with Gasteiger partial charge in [0.2, 0.25) is 12.4 Å². The summed E-state index contributed by atoms with van der Waals surface area (Å²) in [6, 6.07) is 12.7. The fourth-order valence-electron chi connectivity index (χ4n) is 1.46. The fourth-order valence-corrected chi connectivity index (χ4v) is 1.46. The first-order valence-electron chi connectivity index (χ1n) is 4.97. The van der Waals surface area contributed by atoms with Crippen LogP contribution < -0.4 is 9.57 Å². The van der Waals surface area contributed by atoms with Crippen LogP contribution >= 0.6 is 0 Å². The van der Waals surface area contributed by atoms with Gasteiger partial charge in [-0.25, -0.2) is 0 Å². The molecule has 80 valence electrons. The summed E-state index contributed by atoms with van der Waals surface area (Å²) in [4.78, 5) is 17.1. The number of ketones is 1. The summed E-state index contributed by atoms with van der Waals surface area (Å²) >= 11 is 0. The average Bonchev–Trinajstić information content (AvgIpc) is 2.39. The van der Waals surface area contributed by atoms with Gasteiger partial charge in [0.25, 0.3) is 0 Å². The standard InChI is InChI=1S/C13H12NO2/c1-16-14-9-5-8-12(10-14)13(15)11-6-3-2-4-7-11/h2-10H,1H3/q+1. The second-order valence-electron chi connectivity index (χ2n) is 3.33. The summed E-state index contributed by atoms with van der Waals surface area (Å²) in [5.41, 5.74) is 1.28. The maximum absolute atomic E-state index is 12.0. The molecule has 0 bridgehead atoms. The van der Waals surface area contributed by atoms with E-state index in [0.29, 0.717) is 11.1 Å². The maximum Gasteiger partial charge on any atom is 0.233 e. The van der Waals surface area contributed by atoms with Crippen molar-refractivity contribution in [2.75, 3.05) is 7.11 Å². The molecule has 0 saturated carbocycles. The number of rotatable bonds is 3. The van der Waals surface area contributed by atoms with Gasteiger partial charge in [-0.15, -0.1) is 0 Å². The molecule has 0 N–H and O–H groups in total. The van der Waals surface area contributed by atoms with Crippen LogP contribution in [0.2, 0.25) is 0 Å². The van der Waals surface area contributed by atoms with Crippen molar-refractivity contribution in [1.82, 2.24) is 0 Å². The molecular formula is C13H12NO2+. The minimum atomic E-state index is -0.00741. The van der Waals surface area contributed by atoms with Crippen molar-refractivity contribution in [3.8, 4) is 0 Å². The summed E-state index contributed by atoms with van der Waals surface area (Å²) < 4.78 is 1.50. The molecular weight excluding hydrogens is 202 g/mol. The van der Waals surface area contributed by atoms with Gasteiger partial charge in [-0.2, -0.15) is 0 Å². The number of aromatic nitrogens is 1. The van der Waals surface area contributed by atoms with E-state index in [9.17, 15) is 4.79 Å². The first-order valence-corrected chi connectivity index (χ1v) is 4.97. The predicted molar refractivity (Wildman–Crippen MR) is 59.0 cm³/mol. The molecule has 0 unspecified atom stereocenters. The molecule has 0 fully saturated rings. The topological polar surface area (TPSA) is 30.2 Å². The Morgan fingerprint density at radius 2 is 1.75 bits per heavy atom. The van der Waals surface area contributed by atoms with E-state index in [-0.39, 0.29) is 5.78 Å². The Morgan fingerprint density at radius 1 is 1.06 bits per heavy atom. The van der Waals surface area contributed by atoms with Gasteiger partial charge in [0, 0.05) is 16.4 Å². The lowest BCUT2D eigenvalue weighted by Crippen LogP contribution is -2.40. The van der Waals surface area contributed by atoms with Crippen molar-refractivity contribution in [2.45, 2.75) is 0 Å². The Morgan fingerprint density at radius 3 is 2.44 bits per heavy atom. The molecule has 3 heteroatoms. The lowest BCUT2D eigenvalue weighted by molar-refractivity contribution is -0.885. The van der Waals surface area contributed by atoms with Crippen LogP contribution in [0, 0.1) is 0 Å². The second kappa shape index (κ2) is 4.57. The van der Waals surface area contributed by atoms with Crippen molar-refractivity contribution < 1.29 is 14.4 Å². The molecule has 1 heterocycles. The summed E-state index contributed by atoms with van der Waals surface area (Å²) in [7, 11) is 1.55. The van der Waals surface area contributed by atoms with E-state index in [2.05, 4.69) is 0 Å². The summed E-state index contributed by atoms with van der Waals surface area (Å²) in [5.74, 6) is -0.00741. The lowest BCUT2D eigenvalue weighted by atomic mass is 10.1. The SMILES string of the molecule is CO[n+]1cccc(C(=O)c2ccccc2)c1. The number of carbonyl (C=O) groups excluding carboxylic acids is 1. The molecule has 2 rings (SSSR count). The number of pyridine rings is 1. The molecule has 0 aliphatic carbocycles. The molecule has 0 amide bonds. The van der Waals surface area contributed by atoms with Gasteiger partial charge >= 0.3 is 0 Å². The predicted octanol–water partition coefficient (Wildman–Crippen LogP) is 1.26. The van der Waals surface area contributed by atoms with Gasteiger partial charge < -0.3 is 0 Å². The van der Waals surface area contributed by atoms with E-state index in [1.807, 2.05) is 18.2 Å². The van der Waals surface area contributed by atoms with Crippen molar-refractivity contribution in [1.29, 1.82) is 0 Å². The molecule has 0 spiro atoms. The van der Waals surface area contributed by atoms with Crippen molar-refractivity contribution in [3.05, 3.63) is 66.0 Å². The Hall–Kier alpha value is -2.16. The second-order valence-corrected chi connectivity index (χ2v) is 3.33. The van der Waals surface area contributed by atoms with Gasteiger partial charge in [-0.05, 0) is 6.07 Å². The number of hydrogen-bond donors (Lipinski definition) is 0. The Bertz CT molecular complexity index is 494. The highest BCUT2D eigenvalue weighted by molar-refractivity contribution is 6.08. The van der Waals surface area contributed by atoms with Gasteiger partial charge in [0.15, 0.2) is 5.78 Å². The summed E-state index contributed by atoms with van der Waals surface area (Å²) in [6.07, 6.45) is 3.40. The first kappa shape index (κ1) is 10.4. The normalized spacial score (nSPS) is 9.81. The van der Waals surface area contributed by atoms with Crippen LogP contribution in [0.3, 0.4) is 0 Å². The van der Waals surface area contributed by atoms with Crippen LogP contribution in [0.25, 0.3) is 0 Å². The monoisotopic (exact) mass is 214 g/mol. The van der Waals surface area contributed by atoms with Crippen molar-refractivity contribution >= 4 is 5.78 Å². The fraction of sp³-hybridized carbons (Fsp3) is 0.0769. The number of carbonyl (C=O) groups is 1. The van der Waals surface area contributed by atoms with E-state index in [4.69, 9.17) is 4.84 Å². The zero-order chi connectivity index (χ0) is 11.4. The third kappa shape index (κ3) is 2.08. The Labute approximate surface area is 93.9 Å². The van der Waals surface area contributed by atoms with Crippen LogP contribution in [0.4, 0.5) is 0 Å². The van der Waals surface area contributed by atoms with Crippen molar-refractivity contribution in [2.24, 2.45) is 0 Å². The van der Waals surface area contributed by atoms with Crippen LogP contribution in [0.15, 0.2) is 54.9 Å². The van der Waals surface area contributed by atoms with Gasteiger partial charge in [0.1, 0.15) is 7.11 Å². The number of nitrogens with zero attached hydrogens (tertiary/aromatic N) is 1. The number of hydrogen-bond acceptors (Lipinski definition) is 2. The van der Waals surface area contributed by atoms with E-state index >= 15 is 0 Å². The quantitative estimate of drug-likeness (QED) is 0.569. The Kier molecular flexibility index (Phi) is 2.96. The largest absolute Gasteiger partial charge is 0.288 e. The molecule has 1 aromatic heterocycles. The van der Waals surface area contributed by atoms with Gasteiger partial charge in [-0.3, -0.25) is 9.63 Å². The smallest absolute Gasteiger partial charge is 0.233 e. The zero-order valence-corrected chi connectivity index (χ0v) is 8.96. The molecule has 2 aromatic rings. The highest BCUT2D eigenvalue weighted by Crippen LogP contribution is 2.06. The first-order chi connectivity index (χ1) is 7.81. The van der Waals surface area contributed by atoms with Gasteiger partial charge in [-0.1, -0.05) is 30.3 Å². The lowest BCUT2D eigenvalue weighted by Gasteiger charge is -1.98. The third-order valence-corrected chi connectivity index (χ3v) is 2.28. The maximum atomic E-state index is 12.0. The Balaban J connectivity index is 2.34. The number of benzene rings is 1. The average molecular weight is 214 g/mol. The minimum Gasteiger partial charge on any atom is -0.288 e. The van der Waals surface area contributed by atoms with Gasteiger partial charge in [0.05, 0.1) is 5.56 Å². The molecule has 0 saturated heterocycles. The zero-order valence-electron chi connectivity index (χ0n) is 8.96. The van der Waals surface area contributed by atoms with Crippen LogP contribution in [0.1, 0.15) is 15.9 Å². The molecule has 1 aromatic carbocycles. The summed E-state index contributed by atoms with van der Waals surface area (Å²) in [5, 5.41) is 0. The minimum absolute atomic E-state index is 0.00741. The van der Waals surface area contributed by atoms with E-state index < -0.39 is 0 Å². The molecule has 0 aliphatic heterocycles.